The van der Waals surface area contributed by atoms with Gasteiger partial charge in [0, 0.05) is 12.3 Å². The number of carbonyl (C=O) groups is 2. The molecule has 0 spiro atoms. The first-order valence-corrected chi connectivity index (χ1v) is 9.41. The number of hydrogen-bond donors (Lipinski definition) is 1. The molecule has 2 atom stereocenters. The van der Waals surface area contributed by atoms with Crippen LogP contribution in [0.25, 0.3) is 5.65 Å². The lowest BCUT2D eigenvalue weighted by molar-refractivity contribution is 0.100. The number of nitrogens with two attached hydrogens (primary N) is 1. The van der Waals surface area contributed by atoms with Gasteiger partial charge in [0.05, 0.1) is 30.9 Å². The Morgan fingerprint density at radius 2 is 2.30 bits per heavy atom. The third-order valence-corrected chi connectivity index (χ3v) is 5.26. The fraction of sp³-hybridized carbons (Fsp3) is 0.278. The smallest absolute Gasteiger partial charge is 0.481 e. The molecule has 0 radical (unpaired) electrons. The Bertz CT molecular complexity index is 1150. The molecule has 2 N–H and O–H groups in total. The lowest BCUT2D eigenvalue weighted by Gasteiger charge is -2.32. The van der Waals surface area contributed by atoms with E-state index in [1.807, 2.05) is 0 Å². The lowest BCUT2D eigenvalue weighted by Crippen LogP contribution is -2.54. The van der Waals surface area contributed by atoms with Crippen molar-refractivity contribution in [2.24, 2.45) is 5.73 Å². The zero-order chi connectivity index (χ0) is 21.5. The Hall–Kier alpha value is -3.31. The predicted molar refractivity (Wildman–Crippen MR) is 104 cm³/mol. The molecule has 1 aliphatic rings. The summed E-state index contributed by atoms with van der Waals surface area (Å²) in [5.41, 5.74) is 6.00. The fourth-order valence-electron chi connectivity index (χ4n) is 3.70. The number of rotatable bonds is 6. The van der Waals surface area contributed by atoms with Crippen molar-refractivity contribution in [3.05, 3.63) is 47.7 Å². The fourth-order valence-corrected chi connectivity index (χ4v) is 3.97. The van der Waals surface area contributed by atoms with Crippen LogP contribution in [0.1, 0.15) is 22.0 Å². The van der Waals surface area contributed by atoms with Gasteiger partial charge in [0.2, 0.25) is 11.7 Å². The average molecular weight is 436 g/mol. The van der Waals surface area contributed by atoms with Gasteiger partial charge in [-0.05, 0) is 6.07 Å². The highest BCUT2D eigenvalue weighted by Gasteiger charge is 2.57. The van der Waals surface area contributed by atoms with Crippen LogP contribution < -0.4 is 15.0 Å². The number of carbonyl (C=O) groups excluding carboxylic acids is 2. The highest BCUT2D eigenvalue weighted by molar-refractivity contribution is 6.18. The summed E-state index contributed by atoms with van der Waals surface area (Å²) in [7, 11) is 1.40. The first kappa shape index (κ1) is 20.0. The molecule has 1 saturated heterocycles. The number of fused-ring (bicyclic) bond motifs is 1. The third-order valence-electron chi connectivity index (χ3n) is 5.09. The normalized spacial score (nSPS) is 21.0. The molecule has 30 heavy (non-hydrogen) atoms. The highest BCUT2D eigenvalue weighted by atomic mass is 35.5. The van der Waals surface area contributed by atoms with Gasteiger partial charge in [-0.15, -0.1) is 11.6 Å². The number of aromatic nitrogens is 4. The van der Waals surface area contributed by atoms with Crippen LogP contribution in [0.15, 0.2) is 30.7 Å². The number of alkyl halides is 1. The molecule has 3 aromatic heterocycles. The summed E-state index contributed by atoms with van der Waals surface area (Å²) in [5, 5.41) is 4.04. The maximum Gasteiger partial charge on any atom is 0.523 e. The van der Waals surface area contributed by atoms with Gasteiger partial charge in [-0.2, -0.15) is 19.4 Å². The van der Waals surface area contributed by atoms with Gasteiger partial charge >= 0.3 is 6.09 Å². The van der Waals surface area contributed by atoms with Crippen molar-refractivity contribution >= 4 is 35.1 Å². The van der Waals surface area contributed by atoms with Crippen LogP contribution in [-0.2, 0) is 4.74 Å². The van der Waals surface area contributed by atoms with Gasteiger partial charge in [0.1, 0.15) is 17.9 Å². The second-order valence-corrected chi connectivity index (χ2v) is 6.98. The van der Waals surface area contributed by atoms with E-state index in [-0.39, 0.29) is 41.9 Å². The van der Waals surface area contributed by atoms with Crippen LogP contribution in [-0.4, -0.2) is 57.7 Å². The average Bonchev–Trinajstić information content (AvgIpc) is 3.30. The van der Waals surface area contributed by atoms with Gasteiger partial charge in [0.25, 0.3) is 5.91 Å². The Morgan fingerprint density at radius 3 is 3.00 bits per heavy atom. The zero-order valence-corrected chi connectivity index (χ0v) is 16.5. The number of amides is 2. The molecule has 4 heterocycles. The van der Waals surface area contributed by atoms with Gasteiger partial charge in [-0.1, -0.05) is 0 Å². The minimum absolute atomic E-state index is 0.0635. The van der Waals surface area contributed by atoms with Crippen LogP contribution in [0.5, 0.6) is 5.88 Å². The summed E-state index contributed by atoms with van der Waals surface area (Å²) < 4.78 is 25.6. The van der Waals surface area contributed by atoms with Crippen LogP contribution in [0.2, 0.25) is 0 Å². The van der Waals surface area contributed by atoms with Crippen molar-refractivity contribution in [1.29, 1.82) is 0 Å². The van der Waals surface area contributed by atoms with Crippen molar-refractivity contribution < 1.29 is 23.5 Å². The van der Waals surface area contributed by atoms with E-state index in [4.69, 9.17) is 26.8 Å². The van der Waals surface area contributed by atoms with E-state index in [0.29, 0.717) is 5.56 Å². The predicted octanol–water partition coefficient (Wildman–Crippen LogP) is 1.81. The number of quaternary nitrogens is 1. The minimum atomic E-state index is -0.732. The third kappa shape index (κ3) is 2.94. The summed E-state index contributed by atoms with van der Waals surface area (Å²) in [5.74, 6) is -0.838. The quantitative estimate of drug-likeness (QED) is 0.462. The number of pyridine rings is 1. The molecule has 1 fully saturated rings. The second kappa shape index (κ2) is 7.50. The van der Waals surface area contributed by atoms with Crippen molar-refractivity contribution in [3.63, 3.8) is 0 Å². The van der Waals surface area contributed by atoms with Gasteiger partial charge in [-0.3, -0.25) is 4.79 Å². The van der Waals surface area contributed by atoms with Crippen molar-refractivity contribution in [2.75, 3.05) is 26.1 Å². The van der Waals surface area contributed by atoms with E-state index in [9.17, 15) is 14.0 Å². The lowest BCUT2D eigenvalue weighted by atomic mass is 10.1. The topological polar surface area (TPSA) is 122 Å². The van der Waals surface area contributed by atoms with E-state index in [2.05, 4.69) is 15.1 Å². The summed E-state index contributed by atoms with van der Waals surface area (Å²) in [6, 6.07) is 2.08. The van der Waals surface area contributed by atoms with Crippen molar-refractivity contribution in [1.82, 2.24) is 24.1 Å². The SMILES string of the molecule is COc1ncc(F)cc1C1COC(=O)[N+]1(CCCl)c1ccn2ncc(C(N)=O)c2n1. The zero-order valence-electron chi connectivity index (χ0n) is 15.8. The highest BCUT2D eigenvalue weighted by Crippen LogP contribution is 2.43. The number of methoxy groups -OCH3 is 1. The Labute approximate surface area is 174 Å². The Morgan fingerprint density at radius 1 is 1.50 bits per heavy atom. The number of cyclic esters (lactones) is 1. The molecule has 10 nitrogen and oxygen atoms in total. The molecule has 0 aromatic carbocycles. The van der Waals surface area contributed by atoms with Crippen LogP contribution in [0.4, 0.5) is 15.0 Å². The van der Waals surface area contributed by atoms with E-state index in [0.717, 1.165) is 6.20 Å². The summed E-state index contributed by atoms with van der Waals surface area (Å²) >= 11 is 6.06. The summed E-state index contributed by atoms with van der Waals surface area (Å²) in [6.45, 7) is 0.0277. The molecule has 3 aromatic rings. The standard InChI is InChI=1S/C18H16ClFN6O4/c1-29-17-11(6-10(20)7-22-17)13-9-30-18(28)26(13,5-3-19)14-2-4-25-16(24-14)12(8-23-25)15(21)27/h2,4,6-8,13H,3,5,9H2,1H3,(H-,21,27)/p+1. The molecule has 156 valence electrons. The maximum atomic E-state index is 14.0. The van der Waals surface area contributed by atoms with E-state index in [1.165, 1.54) is 23.9 Å². The van der Waals surface area contributed by atoms with Crippen molar-refractivity contribution in [2.45, 2.75) is 6.04 Å². The molecule has 2 amide bonds. The van der Waals surface area contributed by atoms with Crippen LogP contribution >= 0.6 is 11.6 Å². The van der Waals surface area contributed by atoms with Crippen LogP contribution in [0.3, 0.4) is 0 Å². The first-order chi connectivity index (χ1) is 14.4. The van der Waals surface area contributed by atoms with Gasteiger partial charge < -0.3 is 15.2 Å². The second-order valence-electron chi connectivity index (χ2n) is 6.60. The Balaban J connectivity index is 1.95. The first-order valence-electron chi connectivity index (χ1n) is 8.87. The van der Waals surface area contributed by atoms with E-state index in [1.54, 1.807) is 12.3 Å². The molecular formula is C18H17ClFN6O4+. The largest absolute Gasteiger partial charge is 0.523 e. The number of nitrogens with zero attached hydrogens (tertiary/aromatic N) is 5. The van der Waals surface area contributed by atoms with Gasteiger partial charge in [-0.25, -0.2) is 13.9 Å². The minimum Gasteiger partial charge on any atom is -0.481 e. The molecule has 0 saturated carbocycles. The monoisotopic (exact) mass is 435 g/mol. The summed E-state index contributed by atoms with van der Waals surface area (Å²) in [4.78, 5) is 33.2. The molecule has 1 aliphatic heterocycles. The maximum absolute atomic E-state index is 14.0. The molecule has 4 rings (SSSR count). The number of halogens is 2. The van der Waals surface area contributed by atoms with Crippen molar-refractivity contribution in [3.8, 4) is 5.88 Å². The molecular weight excluding hydrogens is 419 g/mol. The summed E-state index contributed by atoms with van der Waals surface area (Å²) in [6.07, 6.45) is 3.23. The number of ether oxygens (including phenoxy) is 2. The molecule has 12 heteroatoms. The molecule has 2 unspecified atom stereocenters. The van der Waals surface area contributed by atoms with E-state index < -0.39 is 28.3 Å². The molecule has 0 aliphatic carbocycles. The number of primary amides is 1. The van der Waals surface area contributed by atoms with E-state index >= 15 is 0 Å². The van der Waals surface area contributed by atoms with Crippen LogP contribution in [0, 0.1) is 5.82 Å². The number of hydrogen-bond acceptors (Lipinski definition) is 7. The molecule has 0 bridgehead atoms. The Kier molecular flexibility index (Phi) is 5.00. The van der Waals surface area contributed by atoms with Gasteiger partial charge in [0.15, 0.2) is 18.3 Å².